The van der Waals surface area contributed by atoms with Gasteiger partial charge in [-0.05, 0) is 18.4 Å². The zero-order valence-corrected chi connectivity index (χ0v) is 9.24. The number of pyridine rings is 1. The standard InChI is InChI=1S/C13H20N/c1-3-4-5-6-7-8-13-9-11-14(2)12-10-13/h7-12H,3-6H2,1-2H3/q+1. The third kappa shape index (κ3) is 4.22. The molecule has 0 saturated carbocycles. The Bertz CT molecular complexity index is 272. The molecule has 1 heterocycles. The van der Waals surface area contributed by atoms with Gasteiger partial charge in [-0.3, -0.25) is 0 Å². The number of aryl methyl sites for hydroxylation is 1. The van der Waals surface area contributed by atoms with Gasteiger partial charge in [0.2, 0.25) is 0 Å². The SMILES string of the molecule is CCCCCC=Cc1cc[n+](C)cc1. The Morgan fingerprint density at radius 3 is 2.57 bits per heavy atom. The molecule has 1 aromatic heterocycles. The van der Waals surface area contributed by atoms with E-state index >= 15 is 0 Å². The van der Waals surface area contributed by atoms with E-state index in [-0.39, 0.29) is 0 Å². The van der Waals surface area contributed by atoms with E-state index in [1.165, 1.54) is 31.2 Å². The minimum absolute atomic E-state index is 1.20. The van der Waals surface area contributed by atoms with Gasteiger partial charge >= 0.3 is 0 Å². The summed E-state index contributed by atoms with van der Waals surface area (Å²) in [6.45, 7) is 2.24. The Morgan fingerprint density at radius 2 is 1.93 bits per heavy atom. The van der Waals surface area contributed by atoms with Crippen LogP contribution in [0.3, 0.4) is 0 Å². The van der Waals surface area contributed by atoms with Gasteiger partial charge in [0, 0.05) is 12.1 Å². The summed E-state index contributed by atoms with van der Waals surface area (Å²) in [6, 6.07) is 4.27. The number of rotatable bonds is 5. The van der Waals surface area contributed by atoms with Crippen LogP contribution in [-0.4, -0.2) is 0 Å². The van der Waals surface area contributed by atoms with Crippen LogP contribution in [0.25, 0.3) is 6.08 Å². The fraction of sp³-hybridized carbons (Fsp3) is 0.462. The summed E-state index contributed by atoms with van der Waals surface area (Å²) in [6.07, 6.45) is 13.8. The zero-order valence-electron chi connectivity index (χ0n) is 9.24. The van der Waals surface area contributed by atoms with Crippen LogP contribution < -0.4 is 4.57 Å². The molecular weight excluding hydrogens is 170 g/mol. The van der Waals surface area contributed by atoms with Gasteiger partial charge in [-0.15, -0.1) is 0 Å². The number of nitrogens with zero attached hydrogens (tertiary/aromatic N) is 1. The molecule has 0 amide bonds. The van der Waals surface area contributed by atoms with Crippen LogP contribution in [-0.2, 0) is 7.05 Å². The molecule has 0 aromatic carbocycles. The molecular formula is C13H20N+. The Kier molecular flexibility index (Phi) is 4.98. The maximum Gasteiger partial charge on any atom is 0.169 e. The first-order chi connectivity index (χ1) is 6.83. The first-order valence-electron chi connectivity index (χ1n) is 5.44. The summed E-state index contributed by atoms with van der Waals surface area (Å²) in [5.41, 5.74) is 1.29. The monoisotopic (exact) mass is 190 g/mol. The minimum Gasteiger partial charge on any atom is -0.208 e. The van der Waals surface area contributed by atoms with Gasteiger partial charge in [-0.1, -0.05) is 31.9 Å². The van der Waals surface area contributed by atoms with E-state index in [1.54, 1.807) is 0 Å². The third-order valence-electron chi connectivity index (χ3n) is 2.29. The van der Waals surface area contributed by atoms with Crippen LogP contribution in [0, 0.1) is 0 Å². The fourth-order valence-corrected chi connectivity index (χ4v) is 1.36. The van der Waals surface area contributed by atoms with Crippen molar-refractivity contribution in [3.8, 4) is 0 Å². The lowest BCUT2D eigenvalue weighted by Crippen LogP contribution is -2.25. The van der Waals surface area contributed by atoms with Crippen LogP contribution in [0.1, 0.15) is 38.2 Å². The second-order valence-electron chi connectivity index (χ2n) is 3.70. The predicted octanol–water partition coefficient (Wildman–Crippen LogP) is 3.10. The van der Waals surface area contributed by atoms with Crippen LogP contribution in [0.2, 0.25) is 0 Å². The molecule has 0 spiro atoms. The maximum atomic E-state index is 2.27. The third-order valence-corrected chi connectivity index (χ3v) is 2.29. The van der Waals surface area contributed by atoms with Crippen molar-refractivity contribution in [3.63, 3.8) is 0 Å². The molecule has 0 fully saturated rings. The number of hydrogen-bond donors (Lipinski definition) is 0. The molecule has 0 aliphatic heterocycles. The van der Waals surface area contributed by atoms with Crippen LogP contribution >= 0.6 is 0 Å². The molecule has 1 rings (SSSR count). The molecule has 1 aromatic rings. The van der Waals surface area contributed by atoms with Crippen LogP contribution in [0.15, 0.2) is 30.6 Å². The lowest BCUT2D eigenvalue weighted by Gasteiger charge is -1.92. The quantitative estimate of drug-likeness (QED) is 0.496. The van der Waals surface area contributed by atoms with Crippen molar-refractivity contribution in [3.05, 3.63) is 36.2 Å². The average Bonchev–Trinajstić information content (AvgIpc) is 2.21. The van der Waals surface area contributed by atoms with Crippen molar-refractivity contribution in [2.24, 2.45) is 7.05 Å². The summed E-state index contributed by atoms with van der Waals surface area (Å²) < 4.78 is 2.05. The fourth-order valence-electron chi connectivity index (χ4n) is 1.36. The van der Waals surface area contributed by atoms with Gasteiger partial charge in [0.25, 0.3) is 0 Å². The molecule has 0 aliphatic carbocycles. The van der Waals surface area contributed by atoms with Crippen molar-refractivity contribution < 1.29 is 4.57 Å². The van der Waals surface area contributed by atoms with Crippen molar-refractivity contribution in [1.29, 1.82) is 0 Å². The van der Waals surface area contributed by atoms with E-state index < -0.39 is 0 Å². The summed E-state index contributed by atoms with van der Waals surface area (Å²) in [5, 5.41) is 0. The molecule has 1 nitrogen and oxygen atoms in total. The molecule has 76 valence electrons. The zero-order chi connectivity index (χ0) is 10.2. The Balaban J connectivity index is 2.33. The first kappa shape index (κ1) is 11.0. The summed E-state index contributed by atoms with van der Waals surface area (Å²) >= 11 is 0. The van der Waals surface area contributed by atoms with Gasteiger partial charge in [0.1, 0.15) is 7.05 Å². The average molecular weight is 190 g/mol. The molecule has 0 bridgehead atoms. The highest BCUT2D eigenvalue weighted by Gasteiger charge is 1.90. The van der Waals surface area contributed by atoms with Crippen molar-refractivity contribution >= 4 is 6.08 Å². The van der Waals surface area contributed by atoms with E-state index in [9.17, 15) is 0 Å². The van der Waals surface area contributed by atoms with Gasteiger partial charge in [-0.25, -0.2) is 4.57 Å². The van der Waals surface area contributed by atoms with Crippen LogP contribution in [0.5, 0.6) is 0 Å². The van der Waals surface area contributed by atoms with E-state index in [0.717, 1.165) is 0 Å². The normalized spacial score (nSPS) is 11.0. The smallest absolute Gasteiger partial charge is 0.169 e. The number of hydrogen-bond acceptors (Lipinski definition) is 0. The first-order valence-corrected chi connectivity index (χ1v) is 5.44. The Hall–Kier alpha value is -1.11. The maximum absolute atomic E-state index is 2.27. The lowest BCUT2D eigenvalue weighted by molar-refractivity contribution is -0.671. The van der Waals surface area contributed by atoms with Gasteiger partial charge in [0.15, 0.2) is 12.4 Å². The second kappa shape index (κ2) is 6.36. The highest BCUT2D eigenvalue weighted by atomic mass is 14.9. The van der Waals surface area contributed by atoms with Gasteiger partial charge in [-0.2, -0.15) is 0 Å². The van der Waals surface area contributed by atoms with Crippen molar-refractivity contribution in [1.82, 2.24) is 0 Å². The molecule has 0 aliphatic rings. The second-order valence-corrected chi connectivity index (χ2v) is 3.70. The molecule has 1 heteroatoms. The predicted molar refractivity (Wildman–Crippen MR) is 60.8 cm³/mol. The van der Waals surface area contributed by atoms with Gasteiger partial charge in [0.05, 0.1) is 0 Å². The molecule has 14 heavy (non-hydrogen) atoms. The highest BCUT2D eigenvalue weighted by Crippen LogP contribution is 2.03. The molecule has 0 saturated heterocycles. The highest BCUT2D eigenvalue weighted by molar-refractivity contribution is 5.47. The van der Waals surface area contributed by atoms with Crippen LogP contribution in [0.4, 0.5) is 0 Å². The summed E-state index contributed by atoms with van der Waals surface area (Å²) in [5.74, 6) is 0. The van der Waals surface area contributed by atoms with Crippen molar-refractivity contribution in [2.75, 3.05) is 0 Å². The number of unbranched alkanes of at least 4 members (excludes halogenated alkanes) is 3. The van der Waals surface area contributed by atoms with Crippen molar-refractivity contribution in [2.45, 2.75) is 32.6 Å². The van der Waals surface area contributed by atoms with E-state index in [0.29, 0.717) is 0 Å². The number of aromatic nitrogens is 1. The van der Waals surface area contributed by atoms with E-state index in [1.807, 2.05) is 7.05 Å². The molecule has 0 atom stereocenters. The Labute approximate surface area is 87.1 Å². The van der Waals surface area contributed by atoms with E-state index in [2.05, 4.69) is 48.2 Å². The lowest BCUT2D eigenvalue weighted by atomic mass is 10.1. The topological polar surface area (TPSA) is 3.88 Å². The summed E-state index contributed by atoms with van der Waals surface area (Å²) in [4.78, 5) is 0. The largest absolute Gasteiger partial charge is 0.208 e. The minimum atomic E-state index is 1.20. The van der Waals surface area contributed by atoms with Gasteiger partial charge < -0.3 is 0 Å². The Morgan fingerprint density at radius 1 is 1.21 bits per heavy atom. The summed E-state index contributed by atoms with van der Waals surface area (Å²) in [7, 11) is 2.04. The molecule has 0 radical (unpaired) electrons. The molecule has 0 N–H and O–H groups in total. The molecule has 0 unspecified atom stereocenters. The number of allylic oxidation sites excluding steroid dienone is 1. The van der Waals surface area contributed by atoms with E-state index in [4.69, 9.17) is 0 Å².